The number of hydrogen-bond donors (Lipinski definition) is 3. The lowest BCUT2D eigenvalue weighted by atomic mass is 10.0. The fourth-order valence-electron chi connectivity index (χ4n) is 3.88. The molecular weight excluding hydrogens is 474 g/mol. The van der Waals surface area contributed by atoms with Crippen LogP contribution < -0.4 is 10.6 Å². The van der Waals surface area contributed by atoms with Crippen molar-refractivity contribution < 1.29 is 19.1 Å². The summed E-state index contributed by atoms with van der Waals surface area (Å²) in [6.07, 6.45) is 7.34. The minimum atomic E-state index is -0.919. The molecule has 1 rings (SSSR count). The van der Waals surface area contributed by atoms with Crippen molar-refractivity contribution in [3.05, 3.63) is 35.9 Å². The average Bonchev–Trinajstić information content (AvgIpc) is 2.83. The first-order valence-corrected chi connectivity index (χ1v) is 14.0. The van der Waals surface area contributed by atoms with E-state index in [4.69, 9.17) is 4.74 Å². The van der Waals surface area contributed by atoms with Crippen LogP contribution in [0.2, 0.25) is 0 Å². The molecule has 0 saturated carbocycles. The van der Waals surface area contributed by atoms with Crippen molar-refractivity contribution in [3.8, 4) is 0 Å². The molecule has 0 aliphatic rings. The van der Waals surface area contributed by atoms with Crippen LogP contribution in [0.15, 0.2) is 30.3 Å². The second-order valence-electron chi connectivity index (χ2n) is 10.1. The van der Waals surface area contributed by atoms with Crippen molar-refractivity contribution >= 4 is 30.5 Å². The van der Waals surface area contributed by atoms with Gasteiger partial charge >= 0.3 is 6.09 Å². The van der Waals surface area contributed by atoms with Gasteiger partial charge in [0.15, 0.2) is 0 Å². The normalized spacial score (nSPS) is 12.9. The Morgan fingerprint density at radius 1 is 0.944 bits per heavy atom. The van der Waals surface area contributed by atoms with Gasteiger partial charge in [-0.3, -0.25) is 9.59 Å². The third-order valence-corrected chi connectivity index (χ3v) is 6.08. The highest BCUT2D eigenvalue weighted by molar-refractivity contribution is 7.80. The summed E-state index contributed by atoms with van der Waals surface area (Å²) < 4.78 is 5.36. The lowest BCUT2D eigenvalue weighted by Crippen LogP contribution is -2.54. The molecule has 7 nitrogen and oxygen atoms in total. The predicted molar refractivity (Wildman–Crippen MR) is 149 cm³/mol. The first kappa shape index (κ1) is 31.8. The van der Waals surface area contributed by atoms with Gasteiger partial charge in [0.25, 0.3) is 0 Å². The minimum absolute atomic E-state index is 0.0873. The van der Waals surface area contributed by atoms with Crippen molar-refractivity contribution in [1.82, 2.24) is 15.5 Å². The molecule has 2 unspecified atom stereocenters. The molecule has 0 aromatic heterocycles. The molecular formula is C28H47N3O4S. The first-order chi connectivity index (χ1) is 17.1. The van der Waals surface area contributed by atoms with Gasteiger partial charge in [0.1, 0.15) is 17.7 Å². The van der Waals surface area contributed by atoms with Crippen LogP contribution in [0.4, 0.5) is 4.79 Å². The lowest BCUT2D eigenvalue weighted by molar-refractivity contribution is -0.142. The summed E-state index contributed by atoms with van der Waals surface area (Å²) in [6, 6.07) is 7.64. The van der Waals surface area contributed by atoms with Crippen LogP contribution in [0, 0.1) is 0 Å². The lowest BCUT2D eigenvalue weighted by Gasteiger charge is -2.34. The van der Waals surface area contributed by atoms with Crippen LogP contribution in [0.5, 0.6) is 0 Å². The fraction of sp³-hybridized carbons (Fsp3) is 0.679. The van der Waals surface area contributed by atoms with E-state index in [1.165, 1.54) is 0 Å². The summed E-state index contributed by atoms with van der Waals surface area (Å²) in [5.41, 5.74) is 0.0423. The van der Waals surface area contributed by atoms with E-state index >= 15 is 0 Å². The molecule has 2 N–H and O–H groups in total. The van der Waals surface area contributed by atoms with Gasteiger partial charge in [-0.05, 0) is 39.2 Å². The first-order valence-electron chi connectivity index (χ1n) is 13.4. The summed E-state index contributed by atoms with van der Waals surface area (Å²) >= 11 is 4.34. The highest BCUT2D eigenvalue weighted by Gasteiger charge is 2.35. The number of carbonyl (C=O) groups excluding carboxylic acids is 3. The topological polar surface area (TPSA) is 87.7 Å². The Hall–Kier alpha value is -2.22. The van der Waals surface area contributed by atoms with Crippen LogP contribution in [0.3, 0.4) is 0 Å². The van der Waals surface area contributed by atoms with Crippen molar-refractivity contribution in [1.29, 1.82) is 0 Å². The Kier molecular flexibility index (Phi) is 15.3. The molecule has 0 saturated heterocycles. The van der Waals surface area contributed by atoms with E-state index in [1.54, 1.807) is 25.7 Å². The number of unbranched alkanes of at least 4 members (excludes halogenated alkanes) is 6. The quantitative estimate of drug-likeness (QED) is 0.194. The Morgan fingerprint density at radius 3 is 2.14 bits per heavy atom. The molecule has 8 heteroatoms. The number of carbonyl (C=O) groups is 3. The van der Waals surface area contributed by atoms with Crippen LogP contribution >= 0.6 is 12.6 Å². The third-order valence-electron chi connectivity index (χ3n) is 5.71. The Morgan fingerprint density at radius 2 is 1.56 bits per heavy atom. The maximum absolute atomic E-state index is 13.8. The minimum Gasteiger partial charge on any atom is -0.444 e. The van der Waals surface area contributed by atoms with Gasteiger partial charge in [-0.2, -0.15) is 12.6 Å². The smallest absolute Gasteiger partial charge is 0.408 e. The van der Waals surface area contributed by atoms with Crippen LogP contribution in [-0.2, 0) is 14.3 Å². The molecule has 0 bridgehead atoms. The predicted octanol–water partition coefficient (Wildman–Crippen LogP) is 5.66. The van der Waals surface area contributed by atoms with Crippen molar-refractivity contribution in [2.75, 3.05) is 18.8 Å². The van der Waals surface area contributed by atoms with Gasteiger partial charge in [0.05, 0.1) is 0 Å². The number of nitrogens with one attached hydrogen (secondary N) is 2. The van der Waals surface area contributed by atoms with E-state index in [0.29, 0.717) is 13.1 Å². The molecule has 0 heterocycles. The second kappa shape index (κ2) is 17.3. The van der Waals surface area contributed by atoms with Gasteiger partial charge in [-0.1, -0.05) is 82.7 Å². The Labute approximate surface area is 223 Å². The van der Waals surface area contributed by atoms with Crippen molar-refractivity contribution in [2.24, 2.45) is 0 Å². The largest absolute Gasteiger partial charge is 0.444 e. The Balaban J connectivity index is 3.22. The van der Waals surface area contributed by atoms with E-state index in [0.717, 1.165) is 56.9 Å². The van der Waals surface area contributed by atoms with Gasteiger partial charge in [-0.25, -0.2) is 4.79 Å². The fourth-order valence-corrected chi connectivity index (χ4v) is 4.13. The van der Waals surface area contributed by atoms with Gasteiger partial charge in [0, 0.05) is 18.8 Å². The van der Waals surface area contributed by atoms with E-state index in [1.807, 2.05) is 30.3 Å². The monoisotopic (exact) mass is 521 g/mol. The molecule has 0 aliphatic heterocycles. The van der Waals surface area contributed by atoms with Crippen molar-refractivity contribution in [3.63, 3.8) is 0 Å². The SMILES string of the molecule is CCCCCCCN(C(=O)C(CS)NC(=O)OC(C)(C)C)C(C(=O)NCCCCC)c1ccccc1. The summed E-state index contributed by atoms with van der Waals surface area (Å²) in [5.74, 6) is -0.470. The summed E-state index contributed by atoms with van der Waals surface area (Å²) in [5, 5.41) is 5.69. The third kappa shape index (κ3) is 12.2. The van der Waals surface area contributed by atoms with Gasteiger partial charge < -0.3 is 20.3 Å². The van der Waals surface area contributed by atoms with Crippen LogP contribution in [0.25, 0.3) is 0 Å². The zero-order valence-electron chi connectivity index (χ0n) is 22.8. The van der Waals surface area contributed by atoms with Gasteiger partial charge in [0.2, 0.25) is 11.8 Å². The molecule has 1 aromatic rings. The maximum Gasteiger partial charge on any atom is 0.408 e. The molecule has 0 fully saturated rings. The molecule has 204 valence electrons. The second-order valence-corrected chi connectivity index (χ2v) is 10.5. The number of rotatable bonds is 16. The van der Waals surface area contributed by atoms with E-state index in [-0.39, 0.29) is 17.6 Å². The number of hydrogen-bond acceptors (Lipinski definition) is 5. The maximum atomic E-state index is 13.8. The molecule has 0 radical (unpaired) electrons. The standard InChI is InChI=1S/C28H47N3O4S/c1-6-8-10-11-16-20-31(26(33)23(21-36)30-27(34)35-28(3,4)5)24(22-17-13-12-14-18-22)25(32)29-19-15-9-7-2/h12-14,17-18,23-24,36H,6-11,15-16,19-21H2,1-5H3,(H,29,32)(H,30,34). The van der Waals surface area contributed by atoms with Crippen LogP contribution in [-0.4, -0.2) is 53.3 Å². The molecule has 36 heavy (non-hydrogen) atoms. The van der Waals surface area contributed by atoms with E-state index < -0.39 is 23.8 Å². The Bertz CT molecular complexity index is 783. The summed E-state index contributed by atoms with van der Waals surface area (Å²) in [7, 11) is 0. The number of alkyl carbamates (subject to hydrolysis) is 1. The molecule has 3 amide bonds. The zero-order valence-corrected chi connectivity index (χ0v) is 23.7. The molecule has 1 aromatic carbocycles. The number of amides is 3. The molecule has 0 aliphatic carbocycles. The molecule has 0 spiro atoms. The average molecular weight is 522 g/mol. The molecule has 2 atom stereocenters. The number of ether oxygens (including phenoxy) is 1. The summed E-state index contributed by atoms with van der Waals surface area (Å²) in [6.45, 7) is 10.5. The van der Waals surface area contributed by atoms with Crippen molar-refractivity contribution in [2.45, 2.75) is 104 Å². The van der Waals surface area contributed by atoms with Crippen LogP contribution in [0.1, 0.15) is 97.6 Å². The van der Waals surface area contributed by atoms with Gasteiger partial charge in [-0.15, -0.1) is 0 Å². The zero-order chi connectivity index (χ0) is 27.0. The highest BCUT2D eigenvalue weighted by atomic mass is 32.1. The number of thiol groups is 1. The number of nitrogens with zero attached hydrogens (tertiary/aromatic N) is 1. The van der Waals surface area contributed by atoms with E-state index in [9.17, 15) is 14.4 Å². The number of benzene rings is 1. The van der Waals surface area contributed by atoms with E-state index in [2.05, 4.69) is 37.1 Å². The highest BCUT2D eigenvalue weighted by Crippen LogP contribution is 2.24. The summed E-state index contributed by atoms with van der Waals surface area (Å²) in [4.78, 5) is 41.3.